The van der Waals surface area contributed by atoms with E-state index in [0.29, 0.717) is 17.6 Å². The monoisotopic (exact) mass is 311 g/mol. The number of hydrogen-bond donors (Lipinski definition) is 2. The van der Waals surface area contributed by atoms with Crippen LogP contribution in [0.1, 0.15) is 30.6 Å². The van der Waals surface area contributed by atoms with Gasteiger partial charge in [0.15, 0.2) is 5.43 Å². The van der Waals surface area contributed by atoms with Gasteiger partial charge in [-0.15, -0.1) is 0 Å². The molecule has 0 amide bonds. The van der Waals surface area contributed by atoms with E-state index < -0.39 is 5.82 Å². The number of H-pyrrole nitrogens is 1. The Kier molecular flexibility index (Phi) is 4.48. The SMILES string of the molecule is CC[C@H](NCc1cc(=O)c2cccc(F)c2[nH]1)c1cccnc1. The van der Waals surface area contributed by atoms with Crippen molar-refractivity contribution in [3.8, 4) is 0 Å². The molecular formula is C18H18FN3O. The second-order valence-corrected chi connectivity index (χ2v) is 5.45. The quantitative estimate of drug-likeness (QED) is 0.760. The van der Waals surface area contributed by atoms with E-state index in [1.807, 2.05) is 18.3 Å². The van der Waals surface area contributed by atoms with Gasteiger partial charge in [0, 0.05) is 42.1 Å². The van der Waals surface area contributed by atoms with Crippen LogP contribution in [0.4, 0.5) is 4.39 Å². The molecule has 0 unspecified atom stereocenters. The van der Waals surface area contributed by atoms with E-state index in [-0.39, 0.29) is 17.0 Å². The summed E-state index contributed by atoms with van der Waals surface area (Å²) in [6.07, 6.45) is 4.45. The number of nitrogens with one attached hydrogen (secondary N) is 2. The van der Waals surface area contributed by atoms with Crippen molar-refractivity contribution in [1.82, 2.24) is 15.3 Å². The summed E-state index contributed by atoms with van der Waals surface area (Å²) in [7, 11) is 0. The molecule has 0 saturated heterocycles. The first-order valence-corrected chi connectivity index (χ1v) is 7.62. The van der Waals surface area contributed by atoms with E-state index in [4.69, 9.17) is 0 Å². The molecule has 0 radical (unpaired) electrons. The van der Waals surface area contributed by atoms with E-state index in [9.17, 15) is 9.18 Å². The lowest BCUT2D eigenvalue weighted by molar-refractivity contribution is 0.513. The van der Waals surface area contributed by atoms with Crippen molar-refractivity contribution >= 4 is 10.9 Å². The first kappa shape index (κ1) is 15.4. The number of halogens is 1. The van der Waals surface area contributed by atoms with Crippen LogP contribution in [0.2, 0.25) is 0 Å². The lowest BCUT2D eigenvalue weighted by atomic mass is 10.1. The third-order valence-corrected chi connectivity index (χ3v) is 3.90. The van der Waals surface area contributed by atoms with Gasteiger partial charge in [0.25, 0.3) is 0 Å². The largest absolute Gasteiger partial charge is 0.355 e. The topological polar surface area (TPSA) is 57.8 Å². The van der Waals surface area contributed by atoms with Gasteiger partial charge in [-0.05, 0) is 30.2 Å². The highest BCUT2D eigenvalue weighted by molar-refractivity contribution is 5.78. The van der Waals surface area contributed by atoms with E-state index in [0.717, 1.165) is 12.0 Å². The van der Waals surface area contributed by atoms with Gasteiger partial charge < -0.3 is 10.3 Å². The Morgan fingerprint density at radius 1 is 1.30 bits per heavy atom. The van der Waals surface area contributed by atoms with Gasteiger partial charge >= 0.3 is 0 Å². The molecule has 3 aromatic rings. The molecule has 0 aliphatic carbocycles. The number of rotatable bonds is 5. The van der Waals surface area contributed by atoms with Crippen LogP contribution in [0.5, 0.6) is 0 Å². The molecule has 3 rings (SSSR count). The highest BCUT2D eigenvalue weighted by Gasteiger charge is 2.10. The summed E-state index contributed by atoms with van der Waals surface area (Å²) in [5, 5.41) is 3.75. The minimum absolute atomic E-state index is 0.128. The van der Waals surface area contributed by atoms with Gasteiger partial charge in [-0.2, -0.15) is 0 Å². The summed E-state index contributed by atoms with van der Waals surface area (Å²) in [6.45, 7) is 2.53. The summed E-state index contributed by atoms with van der Waals surface area (Å²) >= 11 is 0. The van der Waals surface area contributed by atoms with Gasteiger partial charge in [0.2, 0.25) is 0 Å². The highest BCUT2D eigenvalue weighted by atomic mass is 19.1. The van der Waals surface area contributed by atoms with Gasteiger partial charge in [-0.25, -0.2) is 4.39 Å². The molecule has 1 aromatic carbocycles. The number of pyridine rings is 2. The van der Waals surface area contributed by atoms with Crippen LogP contribution in [0.3, 0.4) is 0 Å². The second-order valence-electron chi connectivity index (χ2n) is 5.45. The molecule has 0 saturated carbocycles. The number of fused-ring (bicyclic) bond motifs is 1. The molecule has 0 bridgehead atoms. The minimum atomic E-state index is -0.416. The maximum absolute atomic E-state index is 13.9. The van der Waals surface area contributed by atoms with Gasteiger partial charge in [-0.3, -0.25) is 9.78 Å². The van der Waals surface area contributed by atoms with Crippen LogP contribution in [-0.4, -0.2) is 9.97 Å². The average Bonchev–Trinajstić information content (AvgIpc) is 2.57. The standard InChI is InChI=1S/C18H18FN3O/c1-2-16(12-5-4-8-20-10-12)21-11-13-9-17(23)14-6-3-7-15(19)18(14)22-13/h3-10,16,21H,2,11H2,1H3,(H,22,23)/t16-/m0/s1. The minimum Gasteiger partial charge on any atom is -0.355 e. The molecule has 1 atom stereocenters. The van der Waals surface area contributed by atoms with Crippen molar-refractivity contribution in [3.63, 3.8) is 0 Å². The molecule has 5 heteroatoms. The van der Waals surface area contributed by atoms with Crippen molar-refractivity contribution in [1.29, 1.82) is 0 Å². The molecule has 4 nitrogen and oxygen atoms in total. The Balaban J connectivity index is 1.84. The number of hydrogen-bond acceptors (Lipinski definition) is 3. The fourth-order valence-electron chi connectivity index (χ4n) is 2.70. The molecule has 0 spiro atoms. The Morgan fingerprint density at radius 2 is 2.17 bits per heavy atom. The lowest BCUT2D eigenvalue weighted by Crippen LogP contribution is -2.22. The summed E-state index contributed by atoms with van der Waals surface area (Å²) in [5.41, 5.74) is 1.83. The smallest absolute Gasteiger partial charge is 0.189 e. The van der Waals surface area contributed by atoms with Crippen LogP contribution >= 0.6 is 0 Å². The second kappa shape index (κ2) is 6.71. The van der Waals surface area contributed by atoms with Gasteiger partial charge in [-0.1, -0.05) is 19.1 Å². The summed E-state index contributed by atoms with van der Waals surface area (Å²) in [5.74, 6) is -0.416. The average molecular weight is 311 g/mol. The fourth-order valence-corrected chi connectivity index (χ4v) is 2.70. The van der Waals surface area contributed by atoms with Crippen molar-refractivity contribution in [3.05, 3.63) is 76.1 Å². The maximum atomic E-state index is 13.9. The van der Waals surface area contributed by atoms with Crippen LogP contribution in [0.25, 0.3) is 10.9 Å². The third-order valence-electron chi connectivity index (χ3n) is 3.90. The zero-order valence-corrected chi connectivity index (χ0v) is 12.8. The molecule has 0 aliphatic heterocycles. The lowest BCUT2D eigenvalue weighted by Gasteiger charge is -2.17. The highest BCUT2D eigenvalue weighted by Crippen LogP contribution is 2.16. The summed E-state index contributed by atoms with van der Waals surface area (Å²) < 4.78 is 13.9. The molecule has 23 heavy (non-hydrogen) atoms. The molecule has 2 heterocycles. The van der Waals surface area contributed by atoms with E-state index in [1.165, 1.54) is 12.1 Å². The Bertz CT molecular complexity index is 861. The predicted molar refractivity (Wildman–Crippen MR) is 88.6 cm³/mol. The molecule has 118 valence electrons. The molecular weight excluding hydrogens is 293 g/mol. The number of aromatic nitrogens is 2. The van der Waals surface area contributed by atoms with Gasteiger partial charge in [0.1, 0.15) is 5.82 Å². The molecule has 0 fully saturated rings. The van der Waals surface area contributed by atoms with E-state index in [1.54, 1.807) is 18.3 Å². The molecule has 2 N–H and O–H groups in total. The van der Waals surface area contributed by atoms with Crippen molar-refractivity contribution in [2.24, 2.45) is 0 Å². The fraction of sp³-hybridized carbons (Fsp3) is 0.222. The maximum Gasteiger partial charge on any atom is 0.189 e. The van der Waals surface area contributed by atoms with Crippen molar-refractivity contribution in [2.45, 2.75) is 25.9 Å². The van der Waals surface area contributed by atoms with E-state index in [2.05, 4.69) is 22.2 Å². The molecule has 2 aromatic heterocycles. The zero-order valence-electron chi connectivity index (χ0n) is 12.8. The number of aromatic amines is 1. The van der Waals surface area contributed by atoms with Crippen LogP contribution in [0.15, 0.2) is 53.6 Å². The summed E-state index contributed by atoms with van der Waals surface area (Å²) in [4.78, 5) is 19.3. The normalized spacial score (nSPS) is 12.4. The van der Waals surface area contributed by atoms with Gasteiger partial charge in [0.05, 0.1) is 5.52 Å². The number of para-hydroxylation sites is 1. The number of benzene rings is 1. The Labute approximate surface area is 133 Å². The Hall–Kier alpha value is -2.53. The zero-order chi connectivity index (χ0) is 16.2. The van der Waals surface area contributed by atoms with Crippen molar-refractivity contribution in [2.75, 3.05) is 0 Å². The Morgan fingerprint density at radius 3 is 2.91 bits per heavy atom. The van der Waals surface area contributed by atoms with Crippen LogP contribution < -0.4 is 10.7 Å². The predicted octanol–water partition coefficient (Wildman–Crippen LogP) is 3.30. The van der Waals surface area contributed by atoms with E-state index >= 15 is 0 Å². The van der Waals surface area contributed by atoms with Crippen LogP contribution in [-0.2, 0) is 6.54 Å². The summed E-state index contributed by atoms with van der Waals surface area (Å²) in [6, 6.07) is 10.1. The van der Waals surface area contributed by atoms with Crippen LogP contribution in [0, 0.1) is 5.82 Å². The first-order chi connectivity index (χ1) is 11.2. The van der Waals surface area contributed by atoms with Crippen molar-refractivity contribution < 1.29 is 4.39 Å². The first-order valence-electron chi connectivity index (χ1n) is 7.62. The molecule has 0 aliphatic rings. The number of nitrogens with zero attached hydrogens (tertiary/aromatic N) is 1. The third kappa shape index (κ3) is 3.29.